The fourth-order valence-electron chi connectivity index (χ4n) is 2.19. The Morgan fingerprint density at radius 2 is 2.00 bits per heavy atom. The Bertz CT molecular complexity index is 374. The van der Waals surface area contributed by atoms with Gasteiger partial charge in [-0.15, -0.1) is 0 Å². The van der Waals surface area contributed by atoms with Crippen molar-refractivity contribution >= 4 is 0 Å². The molecule has 0 fully saturated rings. The summed E-state index contributed by atoms with van der Waals surface area (Å²) >= 11 is 0. The van der Waals surface area contributed by atoms with Gasteiger partial charge in [-0.3, -0.25) is 0 Å². The van der Waals surface area contributed by atoms with Gasteiger partial charge >= 0.3 is 0 Å². The number of methoxy groups -OCH3 is 1. The molecule has 1 aromatic carbocycles. The third-order valence-electron chi connectivity index (χ3n) is 3.55. The van der Waals surface area contributed by atoms with Crippen molar-refractivity contribution in [3.05, 3.63) is 28.8 Å². The Labute approximate surface area is 112 Å². The monoisotopic (exact) mass is 249 g/mol. The van der Waals surface area contributed by atoms with E-state index in [0.29, 0.717) is 6.04 Å². The van der Waals surface area contributed by atoms with Crippen molar-refractivity contribution in [2.75, 3.05) is 13.7 Å². The van der Waals surface area contributed by atoms with Crippen molar-refractivity contribution in [1.82, 2.24) is 5.32 Å². The van der Waals surface area contributed by atoms with Gasteiger partial charge in [0, 0.05) is 6.04 Å². The number of rotatable bonds is 7. The summed E-state index contributed by atoms with van der Waals surface area (Å²) in [5, 5.41) is 3.53. The average Bonchev–Trinajstić information content (AvgIpc) is 2.37. The number of aryl methyl sites for hydroxylation is 2. The Kier molecular flexibility index (Phi) is 6.20. The molecule has 1 atom stereocenters. The highest BCUT2D eigenvalue weighted by atomic mass is 16.5. The summed E-state index contributed by atoms with van der Waals surface area (Å²) in [6, 6.07) is 4.96. The molecule has 1 aromatic rings. The van der Waals surface area contributed by atoms with Crippen molar-refractivity contribution in [2.45, 2.75) is 53.0 Å². The van der Waals surface area contributed by atoms with E-state index in [1.165, 1.54) is 23.1 Å². The van der Waals surface area contributed by atoms with E-state index in [1.54, 1.807) is 7.11 Å². The molecule has 0 saturated carbocycles. The molecule has 0 radical (unpaired) electrons. The highest BCUT2D eigenvalue weighted by Gasteiger charge is 2.09. The van der Waals surface area contributed by atoms with E-state index in [2.05, 4.69) is 45.1 Å². The lowest BCUT2D eigenvalue weighted by molar-refractivity contribution is 0.403. The molecule has 102 valence electrons. The normalized spacial score (nSPS) is 12.5. The van der Waals surface area contributed by atoms with Gasteiger partial charge in [-0.25, -0.2) is 0 Å². The first kappa shape index (κ1) is 15.0. The molecule has 18 heavy (non-hydrogen) atoms. The predicted molar refractivity (Wildman–Crippen MR) is 78.5 cm³/mol. The molecular weight excluding hydrogens is 222 g/mol. The van der Waals surface area contributed by atoms with Crippen molar-refractivity contribution in [3.63, 3.8) is 0 Å². The smallest absolute Gasteiger partial charge is 0.125 e. The van der Waals surface area contributed by atoms with Crippen molar-refractivity contribution < 1.29 is 4.74 Å². The first-order chi connectivity index (χ1) is 8.60. The zero-order chi connectivity index (χ0) is 13.5. The Morgan fingerprint density at radius 1 is 1.28 bits per heavy atom. The van der Waals surface area contributed by atoms with Gasteiger partial charge in [0.2, 0.25) is 0 Å². The fraction of sp³-hybridized carbons (Fsp3) is 0.625. The standard InChI is InChI=1S/C16H27NO/c1-6-11-17-13(3)8-10-15-9-7-12(2)14(4)16(15)18-5/h7,9,13,17H,6,8,10-11H2,1-5H3. The van der Waals surface area contributed by atoms with Gasteiger partial charge in [-0.05, 0) is 63.3 Å². The molecule has 1 N–H and O–H groups in total. The van der Waals surface area contributed by atoms with E-state index >= 15 is 0 Å². The van der Waals surface area contributed by atoms with Crippen LogP contribution in [-0.4, -0.2) is 19.7 Å². The lowest BCUT2D eigenvalue weighted by atomic mass is 9.99. The van der Waals surface area contributed by atoms with Crippen LogP contribution in [0.1, 0.15) is 43.4 Å². The molecule has 0 aliphatic carbocycles. The lowest BCUT2D eigenvalue weighted by Gasteiger charge is -2.16. The van der Waals surface area contributed by atoms with Gasteiger partial charge in [-0.2, -0.15) is 0 Å². The van der Waals surface area contributed by atoms with Crippen LogP contribution in [0.3, 0.4) is 0 Å². The minimum Gasteiger partial charge on any atom is -0.496 e. The predicted octanol–water partition coefficient (Wildman–Crippen LogP) is 3.63. The Balaban J connectivity index is 2.64. The largest absolute Gasteiger partial charge is 0.496 e. The molecule has 2 nitrogen and oxygen atoms in total. The highest BCUT2D eigenvalue weighted by molar-refractivity contribution is 5.45. The molecule has 0 aliphatic heterocycles. The fourth-order valence-corrected chi connectivity index (χ4v) is 2.19. The van der Waals surface area contributed by atoms with Crippen molar-refractivity contribution in [1.29, 1.82) is 0 Å². The van der Waals surface area contributed by atoms with Crippen molar-refractivity contribution in [3.8, 4) is 5.75 Å². The van der Waals surface area contributed by atoms with E-state index in [-0.39, 0.29) is 0 Å². The van der Waals surface area contributed by atoms with Gasteiger partial charge in [0.1, 0.15) is 5.75 Å². The number of benzene rings is 1. The second-order valence-corrected chi connectivity index (χ2v) is 5.09. The Morgan fingerprint density at radius 3 is 2.61 bits per heavy atom. The highest BCUT2D eigenvalue weighted by Crippen LogP contribution is 2.27. The molecule has 0 heterocycles. The van der Waals surface area contributed by atoms with Crippen LogP contribution in [0.4, 0.5) is 0 Å². The summed E-state index contributed by atoms with van der Waals surface area (Å²) in [6.07, 6.45) is 3.42. The summed E-state index contributed by atoms with van der Waals surface area (Å²) in [4.78, 5) is 0. The summed E-state index contributed by atoms with van der Waals surface area (Å²) in [5.74, 6) is 1.07. The maximum Gasteiger partial charge on any atom is 0.125 e. The third-order valence-corrected chi connectivity index (χ3v) is 3.55. The SMILES string of the molecule is CCCNC(C)CCc1ccc(C)c(C)c1OC. The first-order valence-electron chi connectivity index (χ1n) is 6.96. The van der Waals surface area contributed by atoms with Crippen LogP contribution in [0.5, 0.6) is 5.75 Å². The number of hydrogen-bond donors (Lipinski definition) is 1. The second kappa shape index (κ2) is 7.42. The van der Waals surface area contributed by atoms with Crippen LogP contribution in [0.25, 0.3) is 0 Å². The number of ether oxygens (including phenoxy) is 1. The average molecular weight is 249 g/mol. The van der Waals surface area contributed by atoms with E-state index in [0.717, 1.165) is 25.1 Å². The van der Waals surface area contributed by atoms with E-state index < -0.39 is 0 Å². The third kappa shape index (κ3) is 4.02. The van der Waals surface area contributed by atoms with Gasteiger partial charge in [0.05, 0.1) is 7.11 Å². The van der Waals surface area contributed by atoms with Crippen LogP contribution in [0.2, 0.25) is 0 Å². The minimum absolute atomic E-state index is 0.566. The maximum absolute atomic E-state index is 5.55. The van der Waals surface area contributed by atoms with E-state index in [9.17, 15) is 0 Å². The van der Waals surface area contributed by atoms with E-state index in [1.807, 2.05) is 0 Å². The Hall–Kier alpha value is -1.02. The van der Waals surface area contributed by atoms with Gasteiger partial charge in [0.25, 0.3) is 0 Å². The zero-order valence-corrected chi connectivity index (χ0v) is 12.5. The quantitative estimate of drug-likeness (QED) is 0.796. The van der Waals surface area contributed by atoms with Crippen LogP contribution in [0, 0.1) is 13.8 Å². The first-order valence-corrected chi connectivity index (χ1v) is 6.96. The molecular formula is C16H27NO. The van der Waals surface area contributed by atoms with E-state index in [4.69, 9.17) is 4.74 Å². The molecule has 0 aromatic heterocycles. The molecule has 2 heteroatoms. The molecule has 1 rings (SSSR count). The maximum atomic E-state index is 5.55. The van der Waals surface area contributed by atoms with Gasteiger partial charge in [0.15, 0.2) is 0 Å². The lowest BCUT2D eigenvalue weighted by Crippen LogP contribution is -2.27. The second-order valence-electron chi connectivity index (χ2n) is 5.09. The molecule has 0 saturated heterocycles. The van der Waals surface area contributed by atoms with Gasteiger partial charge in [-0.1, -0.05) is 19.1 Å². The summed E-state index contributed by atoms with van der Waals surface area (Å²) in [5.41, 5.74) is 3.89. The zero-order valence-electron chi connectivity index (χ0n) is 12.5. The van der Waals surface area contributed by atoms with Crippen LogP contribution in [0.15, 0.2) is 12.1 Å². The van der Waals surface area contributed by atoms with Crippen LogP contribution < -0.4 is 10.1 Å². The number of hydrogen-bond acceptors (Lipinski definition) is 2. The molecule has 0 bridgehead atoms. The molecule has 0 aliphatic rings. The molecule has 0 spiro atoms. The minimum atomic E-state index is 0.566. The summed E-state index contributed by atoms with van der Waals surface area (Å²) in [6.45, 7) is 9.82. The van der Waals surface area contributed by atoms with Gasteiger partial charge < -0.3 is 10.1 Å². The topological polar surface area (TPSA) is 21.3 Å². The summed E-state index contributed by atoms with van der Waals surface area (Å²) in [7, 11) is 1.77. The molecule has 1 unspecified atom stereocenters. The van der Waals surface area contributed by atoms with Crippen molar-refractivity contribution in [2.24, 2.45) is 0 Å². The van der Waals surface area contributed by atoms with Crippen LogP contribution in [-0.2, 0) is 6.42 Å². The van der Waals surface area contributed by atoms with Crippen LogP contribution >= 0.6 is 0 Å². The molecule has 0 amide bonds. The summed E-state index contributed by atoms with van der Waals surface area (Å²) < 4.78 is 5.55. The number of nitrogens with one attached hydrogen (secondary N) is 1.